The van der Waals surface area contributed by atoms with Crippen molar-refractivity contribution in [2.75, 3.05) is 19.6 Å². The molecule has 0 atom stereocenters. The first-order chi connectivity index (χ1) is 8.89. The fourth-order valence-electron chi connectivity index (χ4n) is 1.88. The highest BCUT2D eigenvalue weighted by Crippen LogP contribution is 2.17. The molecule has 0 bridgehead atoms. The highest BCUT2D eigenvalue weighted by molar-refractivity contribution is 5.94. The molecule has 0 unspecified atom stereocenters. The topological polar surface area (TPSA) is 46.3 Å². The van der Waals surface area contributed by atoms with E-state index in [1.165, 1.54) is 24.3 Å². The highest BCUT2D eigenvalue weighted by Gasteiger charge is 2.24. The molecule has 0 aliphatic heterocycles. The summed E-state index contributed by atoms with van der Waals surface area (Å²) in [5, 5.41) is 0. The number of carbonyl (C=O) groups is 1. The summed E-state index contributed by atoms with van der Waals surface area (Å²) in [5.41, 5.74) is 6.12. The standard InChI is InChI=1S/C15H23FN2O/c1-4-9-18(11-15(2,3)10-17)14(19)12-5-7-13(16)8-6-12/h5-8H,4,9-11,17H2,1-3H3. The van der Waals surface area contributed by atoms with E-state index >= 15 is 0 Å². The van der Waals surface area contributed by atoms with E-state index in [1.807, 2.05) is 20.8 Å². The molecular formula is C15H23FN2O. The van der Waals surface area contributed by atoms with E-state index in [0.29, 0.717) is 25.2 Å². The van der Waals surface area contributed by atoms with Gasteiger partial charge in [0.05, 0.1) is 0 Å². The van der Waals surface area contributed by atoms with Crippen molar-refractivity contribution >= 4 is 5.91 Å². The average Bonchev–Trinajstić information content (AvgIpc) is 2.38. The maximum Gasteiger partial charge on any atom is 0.253 e. The lowest BCUT2D eigenvalue weighted by atomic mass is 9.92. The molecule has 0 aromatic heterocycles. The van der Waals surface area contributed by atoms with Crippen LogP contribution in [0.15, 0.2) is 24.3 Å². The molecule has 0 saturated carbocycles. The number of hydrogen-bond acceptors (Lipinski definition) is 2. The number of carbonyl (C=O) groups excluding carboxylic acids is 1. The maximum absolute atomic E-state index is 12.9. The van der Waals surface area contributed by atoms with Crippen molar-refractivity contribution in [2.24, 2.45) is 11.1 Å². The molecule has 1 aromatic rings. The molecule has 4 heteroatoms. The Morgan fingerprint density at radius 1 is 1.32 bits per heavy atom. The van der Waals surface area contributed by atoms with Crippen LogP contribution in [0.1, 0.15) is 37.6 Å². The van der Waals surface area contributed by atoms with Gasteiger partial charge in [-0.1, -0.05) is 20.8 Å². The van der Waals surface area contributed by atoms with Crippen molar-refractivity contribution in [3.63, 3.8) is 0 Å². The van der Waals surface area contributed by atoms with E-state index in [0.717, 1.165) is 6.42 Å². The van der Waals surface area contributed by atoms with Gasteiger partial charge in [-0.25, -0.2) is 4.39 Å². The van der Waals surface area contributed by atoms with Crippen molar-refractivity contribution in [3.8, 4) is 0 Å². The third kappa shape index (κ3) is 4.63. The van der Waals surface area contributed by atoms with Crippen molar-refractivity contribution < 1.29 is 9.18 Å². The molecule has 3 nitrogen and oxygen atoms in total. The molecule has 0 radical (unpaired) electrons. The lowest BCUT2D eigenvalue weighted by Gasteiger charge is -2.31. The number of hydrogen-bond donors (Lipinski definition) is 1. The Morgan fingerprint density at radius 3 is 2.37 bits per heavy atom. The summed E-state index contributed by atoms with van der Waals surface area (Å²) >= 11 is 0. The Labute approximate surface area is 114 Å². The Kier molecular flexibility index (Phi) is 5.48. The zero-order valence-electron chi connectivity index (χ0n) is 11.9. The van der Waals surface area contributed by atoms with Crippen LogP contribution < -0.4 is 5.73 Å². The van der Waals surface area contributed by atoms with E-state index in [2.05, 4.69) is 0 Å². The van der Waals surface area contributed by atoms with Gasteiger partial charge >= 0.3 is 0 Å². The summed E-state index contributed by atoms with van der Waals surface area (Å²) in [6.07, 6.45) is 0.883. The number of benzene rings is 1. The third-order valence-corrected chi connectivity index (χ3v) is 3.04. The van der Waals surface area contributed by atoms with Gasteiger partial charge in [-0.15, -0.1) is 0 Å². The first-order valence-corrected chi connectivity index (χ1v) is 6.64. The number of nitrogens with two attached hydrogens (primary N) is 1. The van der Waals surface area contributed by atoms with Crippen molar-refractivity contribution in [1.29, 1.82) is 0 Å². The molecule has 0 spiro atoms. The molecule has 0 fully saturated rings. The smallest absolute Gasteiger partial charge is 0.253 e. The van der Waals surface area contributed by atoms with Crippen LogP contribution in [0.25, 0.3) is 0 Å². The van der Waals surface area contributed by atoms with Crippen LogP contribution in [0.3, 0.4) is 0 Å². The van der Waals surface area contributed by atoms with Crippen LogP contribution in [-0.2, 0) is 0 Å². The van der Waals surface area contributed by atoms with Crippen molar-refractivity contribution in [1.82, 2.24) is 4.90 Å². The Hall–Kier alpha value is -1.42. The van der Waals surface area contributed by atoms with Crippen LogP contribution >= 0.6 is 0 Å². The Balaban J connectivity index is 2.86. The zero-order valence-corrected chi connectivity index (χ0v) is 11.9. The lowest BCUT2D eigenvalue weighted by Crippen LogP contribution is -2.42. The molecule has 0 heterocycles. The summed E-state index contributed by atoms with van der Waals surface area (Å²) in [7, 11) is 0. The minimum atomic E-state index is -0.333. The number of amides is 1. The van der Waals surface area contributed by atoms with Gasteiger partial charge in [-0.05, 0) is 42.6 Å². The molecule has 1 rings (SSSR count). The van der Waals surface area contributed by atoms with E-state index in [9.17, 15) is 9.18 Å². The van der Waals surface area contributed by atoms with E-state index in [1.54, 1.807) is 4.90 Å². The Morgan fingerprint density at radius 2 is 1.89 bits per heavy atom. The van der Waals surface area contributed by atoms with Gasteiger partial charge in [-0.3, -0.25) is 4.79 Å². The number of rotatable bonds is 6. The van der Waals surface area contributed by atoms with Crippen LogP contribution in [0.4, 0.5) is 4.39 Å². The average molecular weight is 266 g/mol. The molecule has 106 valence electrons. The lowest BCUT2D eigenvalue weighted by molar-refractivity contribution is 0.0689. The summed E-state index contributed by atoms with van der Waals surface area (Å²) in [6.45, 7) is 7.90. The van der Waals surface area contributed by atoms with E-state index in [4.69, 9.17) is 5.73 Å². The van der Waals surface area contributed by atoms with Gasteiger partial charge in [0.2, 0.25) is 0 Å². The second kappa shape index (κ2) is 6.66. The highest BCUT2D eigenvalue weighted by atomic mass is 19.1. The number of halogens is 1. The molecule has 19 heavy (non-hydrogen) atoms. The summed E-state index contributed by atoms with van der Waals surface area (Å²) in [4.78, 5) is 14.2. The largest absolute Gasteiger partial charge is 0.338 e. The van der Waals surface area contributed by atoms with Gasteiger partial charge in [0.1, 0.15) is 5.82 Å². The zero-order chi connectivity index (χ0) is 14.5. The molecule has 0 saturated heterocycles. The van der Waals surface area contributed by atoms with Gasteiger partial charge in [0, 0.05) is 18.7 Å². The molecule has 0 aliphatic rings. The van der Waals surface area contributed by atoms with Crippen LogP contribution in [0.5, 0.6) is 0 Å². The Bertz CT molecular complexity index is 415. The van der Waals surface area contributed by atoms with Crippen LogP contribution in [0.2, 0.25) is 0 Å². The summed E-state index contributed by atoms with van der Waals surface area (Å²) in [5.74, 6) is -0.399. The van der Waals surface area contributed by atoms with Crippen molar-refractivity contribution in [2.45, 2.75) is 27.2 Å². The molecule has 2 N–H and O–H groups in total. The van der Waals surface area contributed by atoms with Gasteiger partial charge in [0.25, 0.3) is 5.91 Å². The first kappa shape index (κ1) is 15.6. The molecule has 0 aliphatic carbocycles. The minimum Gasteiger partial charge on any atom is -0.338 e. The minimum absolute atomic E-state index is 0.0663. The third-order valence-electron chi connectivity index (χ3n) is 3.04. The van der Waals surface area contributed by atoms with Gasteiger partial charge < -0.3 is 10.6 Å². The molecule has 1 aromatic carbocycles. The summed E-state index contributed by atoms with van der Waals surface area (Å²) in [6, 6.07) is 5.67. The van der Waals surface area contributed by atoms with Crippen LogP contribution in [-0.4, -0.2) is 30.4 Å². The second-order valence-electron chi connectivity index (χ2n) is 5.60. The first-order valence-electron chi connectivity index (χ1n) is 6.64. The SMILES string of the molecule is CCCN(CC(C)(C)CN)C(=O)c1ccc(F)cc1. The molecule has 1 amide bonds. The normalized spacial score (nSPS) is 11.4. The second-order valence-corrected chi connectivity index (χ2v) is 5.60. The number of nitrogens with zero attached hydrogens (tertiary/aromatic N) is 1. The van der Waals surface area contributed by atoms with Gasteiger partial charge in [-0.2, -0.15) is 0 Å². The van der Waals surface area contributed by atoms with E-state index in [-0.39, 0.29) is 17.1 Å². The fraction of sp³-hybridized carbons (Fsp3) is 0.533. The quantitative estimate of drug-likeness (QED) is 0.860. The summed E-state index contributed by atoms with van der Waals surface area (Å²) < 4.78 is 12.9. The molecular weight excluding hydrogens is 243 g/mol. The van der Waals surface area contributed by atoms with Crippen molar-refractivity contribution in [3.05, 3.63) is 35.6 Å². The van der Waals surface area contributed by atoms with E-state index < -0.39 is 0 Å². The van der Waals surface area contributed by atoms with Gasteiger partial charge in [0.15, 0.2) is 0 Å². The predicted octanol–water partition coefficient (Wildman–Crippen LogP) is 2.66. The van der Waals surface area contributed by atoms with Crippen LogP contribution in [0, 0.1) is 11.2 Å². The predicted molar refractivity (Wildman–Crippen MR) is 75.4 cm³/mol. The fourth-order valence-corrected chi connectivity index (χ4v) is 1.88. The monoisotopic (exact) mass is 266 g/mol. The maximum atomic E-state index is 12.9.